The Labute approximate surface area is 128 Å². The number of amides is 1. The van der Waals surface area contributed by atoms with Crippen molar-refractivity contribution in [1.29, 1.82) is 0 Å². The molecule has 0 N–H and O–H groups in total. The Bertz CT molecular complexity index is 767. The zero-order chi connectivity index (χ0) is 15.1. The van der Waals surface area contributed by atoms with Gasteiger partial charge in [0.1, 0.15) is 0 Å². The summed E-state index contributed by atoms with van der Waals surface area (Å²) in [5.41, 5.74) is 3.93. The van der Waals surface area contributed by atoms with Gasteiger partial charge in [0, 0.05) is 5.02 Å². The molecule has 0 saturated heterocycles. The van der Waals surface area contributed by atoms with Crippen molar-refractivity contribution < 1.29 is 9.59 Å². The largest absolute Gasteiger partial charge is 0.300 e. The van der Waals surface area contributed by atoms with Gasteiger partial charge in [-0.2, -0.15) is 0 Å². The number of benzene rings is 2. The molecule has 3 nitrogen and oxygen atoms in total. The number of anilines is 1. The second kappa shape index (κ2) is 5.01. The number of carbonyl (C=O) groups is 2. The number of Topliss-reactive ketones (excluding diaryl/α,β-unsaturated/α-hetero) is 1. The zero-order valence-corrected chi connectivity index (χ0v) is 12.6. The molecule has 0 radical (unpaired) electrons. The van der Waals surface area contributed by atoms with Crippen LogP contribution < -0.4 is 4.90 Å². The van der Waals surface area contributed by atoms with E-state index < -0.39 is 11.7 Å². The van der Waals surface area contributed by atoms with E-state index in [2.05, 4.69) is 0 Å². The van der Waals surface area contributed by atoms with E-state index in [1.165, 1.54) is 4.90 Å². The topological polar surface area (TPSA) is 37.4 Å². The molecular weight excluding hydrogens is 286 g/mol. The quantitative estimate of drug-likeness (QED) is 0.793. The van der Waals surface area contributed by atoms with E-state index in [4.69, 9.17) is 11.6 Å². The lowest BCUT2D eigenvalue weighted by molar-refractivity contribution is -0.114. The molecule has 0 unspecified atom stereocenters. The first-order valence-electron chi connectivity index (χ1n) is 6.70. The number of ketones is 1. The van der Waals surface area contributed by atoms with E-state index >= 15 is 0 Å². The van der Waals surface area contributed by atoms with Crippen molar-refractivity contribution in [3.63, 3.8) is 0 Å². The second-order valence-corrected chi connectivity index (χ2v) is 5.70. The Hall–Kier alpha value is -2.13. The number of carbonyl (C=O) groups excluding carboxylic acids is 2. The van der Waals surface area contributed by atoms with Crippen LogP contribution in [0.1, 0.15) is 27.0 Å². The zero-order valence-electron chi connectivity index (χ0n) is 11.8. The summed E-state index contributed by atoms with van der Waals surface area (Å²) in [4.78, 5) is 26.0. The molecule has 1 heterocycles. The molecule has 0 atom stereocenters. The van der Waals surface area contributed by atoms with Gasteiger partial charge < -0.3 is 4.90 Å². The summed E-state index contributed by atoms with van der Waals surface area (Å²) in [6.07, 6.45) is 0. The van der Waals surface area contributed by atoms with Crippen LogP contribution >= 0.6 is 11.6 Å². The highest BCUT2D eigenvalue weighted by atomic mass is 35.5. The highest BCUT2D eigenvalue weighted by molar-refractivity contribution is 6.52. The van der Waals surface area contributed by atoms with Gasteiger partial charge in [-0.1, -0.05) is 35.9 Å². The highest BCUT2D eigenvalue weighted by Gasteiger charge is 2.37. The van der Waals surface area contributed by atoms with Gasteiger partial charge in [-0.3, -0.25) is 9.59 Å². The fourth-order valence-corrected chi connectivity index (χ4v) is 2.97. The molecule has 1 aliphatic rings. The first-order valence-corrected chi connectivity index (χ1v) is 7.07. The Morgan fingerprint density at radius 1 is 1.10 bits per heavy atom. The number of halogens is 1. The fraction of sp³-hybridized carbons (Fsp3) is 0.176. The lowest BCUT2D eigenvalue weighted by Crippen LogP contribution is -2.29. The SMILES string of the molecule is Cc1cc(C)c2c(c1)C(=O)C(=O)N2Cc1ccccc1Cl. The Balaban J connectivity index is 2.08. The minimum absolute atomic E-state index is 0.307. The first kappa shape index (κ1) is 13.8. The maximum atomic E-state index is 12.3. The number of hydrogen-bond donors (Lipinski definition) is 0. The molecule has 4 heteroatoms. The molecule has 0 spiro atoms. The minimum Gasteiger partial charge on any atom is -0.300 e. The summed E-state index contributed by atoms with van der Waals surface area (Å²) in [5.74, 6) is -0.928. The van der Waals surface area contributed by atoms with E-state index in [1.54, 1.807) is 12.1 Å². The van der Waals surface area contributed by atoms with E-state index in [1.807, 2.05) is 38.1 Å². The first-order chi connectivity index (χ1) is 9.99. The van der Waals surface area contributed by atoms with Crippen LogP contribution in [-0.4, -0.2) is 11.7 Å². The van der Waals surface area contributed by atoms with Gasteiger partial charge in [-0.15, -0.1) is 0 Å². The molecule has 0 bridgehead atoms. The smallest absolute Gasteiger partial charge is 0.299 e. The Morgan fingerprint density at radius 2 is 1.81 bits per heavy atom. The van der Waals surface area contributed by atoms with Crippen molar-refractivity contribution in [1.82, 2.24) is 0 Å². The van der Waals surface area contributed by atoms with Crippen LogP contribution in [0.5, 0.6) is 0 Å². The molecule has 3 rings (SSSR count). The molecule has 2 aromatic carbocycles. The van der Waals surface area contributed by atoms with E-state index in [0.29, 0.717) is 22.8 Å². The van der Waals surface area contributed by atoms with Gasteiger partial charge >= 0.3 is 0 Å². The van der Waals surface area contributed by atoms with Gasteiger partial charge in [0.15, 0.2) is 0 Å². The third-order valence-electron chi connectivity index (χ3n) is 3.69. The molecule has 21 heavy (non-hydrogen) atoms. The second-order valence-electron chi connectivity index (χ2n) is 5.29. The fourth-order valence-electron chi connectivity index (χ4n) is 2.78. The summed E-state index contributed by atoms with van der Waals surface area (Å²) in [5, 5.41) is 0.593. The lowest BCUT2D eigenvalue weighted by atomic mass is 10.0. The van der Waals surface area contributed by atoms with Gasteiger partial charge in [0.2, 0.25) is 0 Å². The molecular formula is C17H14ClNO2. The third-order valence-corrected chi connectivity index (χ3v) is 4.05. The maximum absolute atomic E-state index is 12.3. The van der Waals surface area contributed by atoms with Crippen molar-refractivity contribution in [3.8, 4) is 0 Å². The predicted molar refractivity (Wildman–Crippen MR) is 82.9 cm³/mol. The molecule has 106 valence electrons. The van der Waals surface area contributed by atoms with Crippen molar-refractivity contribution >= 4 is 29.0 Å². The normalized spacial score (nSPS) is 13.8. The standard InChI is InChI=1S/C17H14ClNO2/c1-10-7-11(2)15-13(8-10)16(20)17(21)19(15)9-12-5-3-4-6-14(12)18/h3-8H,9H2,1-2H3. The Morgan fingerprint density at radius 3 is 2.52 bits per heavy atom. The minimum atomic E-state index is -0.487. The van der Waals surface area contributed by atoms with E-state index in [0.717, 1.165) is 16.7 Å². The average molecular weight is 300 g/mol. The highest BCUT2D eigenvalue weighted by Crippen LogP contribution is 2.35. The number of nitrogens with zero attached hydrogens (tertiary/aromatic N) is 1. The molecule has 0 fully saturated rings. The third kappa shape index (κ3) is 2.24. The molecule has 1 aliphatic heterocycles. The van der Waals surface area contributed by atoms with Crippen molar-refractivity contribution in [2.24, 2.45) is 0 Å². The summed E-state index contributed by atoms with van der Waals surface area (Å²) < 4.78 is 0. The molecule has 2 aromatic rings. The number of hydrogen-bond acceptors (Lipinski definition) is 2. The van der Waals surface area contributed by atoms with Gasteiger partial charge in [0.05, 0.1) is 17.8 Å². The van der Waals surface area contributed by atoms with Crippen LogP contribution in [0.4, 0.5) is 5.69 Å². The van der Waals surface area contributed by atoms with Crippen LogP contribution in [-0.2, 0) is 11.3 Å². The summed E-state index contributed by atoms with van der Waals surface area (Å²) >= 11 is 6.16. The van der Waals surface area contributed by atoms with E-state index in [9.17, 15) is 9.59 Å². The molecule has 0 aliphatic carbocycles. The van der Waals surface area contributed by atoms with Crippen LogP contribution in [0.25, 0.3) is 0 Å². The van der Waals surface area contributed by atoms with Gasteiger partial charge in [0.25, 0.3) is 11.7 Å². The van der Waals surface area contributed by atoms with Crippen molar-refractivity contribution in [2.45, 2.75) is 20.4 Å². The number of aryl methyl sites for hydroxylation is 2. The van der Waals surface area contributed by atoms with Crippen LogP contribution in [0.3, 0.4) is 0 Å². The van der Waals surface area contributed by atoms with Gasteiger partial charge in [-0.25, -0.2) is 0 Å². The van der Waals surface area contributed by atoms with Crippen LogP contribution in [0.2, 0.25) is 5.02 Å². The maximum Gasteiger partial charge on any atom is 0.299 e. The summed E-state index contributed by atoms with van der Waals surface area (Å²) in [6, 6.07) is 11.1. The molecule has 0 aromatic heterocycles. The predicted octanol–water partition coefficient (Wildman–Crippen LogP) is 3.69. The van der Waals surface area contributed by atoms with Crippen LogP contribution in [0, 0.1) is 13.8 Å². The average Bonchev–Trinajstić information content (AvgIpc) is 2.67. The monoisotopic (exact) mass is 299 g/mol. The summed E-state index contributed by atoms with van der Waals surface area (Å²) in [6.45, 7) is 4.14. The van der Waals surface area contributed by atoms with Crippen molar-refractivity contribution in [3.05, 3.63) is 63.7 Å². The van der Waals surface area contributed by atoms with E-state index in [-0.39, 0.29) is 0 Å². The van der Waals surface area contributed by atoms with Crippen LogP contribution in [0.15, 0.2) is 36.4 Å². The van der Waals surface area contributed by atoms with Crippen molar-refractivity contribution in [2.75, 3.05) is 4.90 Å². The number of rotatable bonds is 2. The Kier molecular flexibility index (Phi) is 3.30. The van der Waals surface area contributed by atoms with Gasteiger partial charge in [-0.05, 0) is 42.7 Å². The number of fused-ring (bicyclic) bond motifs is 1. The molecule has 1 amide bonds. The molecule has 0 saturated carbocycles. The lowest BCUT2D eigenvalue weighted by Gasteiger charge is -2.19. The summed E-state index contributed by atoms with van der Waals surface area (Å²) in [7, 11) is 0.